The quantitative estimate of drug-likeness (QED) is 0.650. The number of benzene rings is 1. The first-order valence-electron chi connectivity index (χ1n) is 7.58. The van der Waals surface area contributed by atoms with Crippen molar-refractivity contribution in [3.8, 4) is 0 Å². The zero-order valence-electron chi connectivity index (χ0n) is 13.0. The Kier molecular flexibility index (Phi) is 8.92. The third kappa shape index (κ3) is 7.88. The molecule has 0 fully saturated rings. The summed E-state index contributed by atoms with van der Waals surface area (Å²) in [6.45, 7) is 6.34. The van der Waals surface area contributed by atoms with Crippen LogP contribution >= 0.6 is 11.6 Å². The monoisotopic (exact) mass is 297 g/mol. The SMILES string of the molecule is COCCCCC(CNC(C)C)Cc1ccc(Cl)cc1. The Morgan fingerprint density at radius 1 is 1.15 bits per heavy atom. The summed E-state index contributed by atoms with van der Waals surface area (Å²) in [5.41, 5.74) is 1.37. The first kappa shape index (κ1) is 17.5. The van der Waals surface area contributed by atoms with Crippen molar-refractivity contribution in [2.75, 3.05) is 20.3 Å². The molecule has 0 aliphatic rings. The summed E-state index contributed by atoms with van der Waals surface area (Å²) in [7, 11) is 1.77. The fourth-order valence-corrected chi connectivity index (χ4v) is 2.44. The maximum atomic E-state index is 5.94. The lowest BCUT2D eigenvalue weighted by molar-refractivity contribution is 0.190. The van der Waals surface area contributed by atoms with Crippen molar-refractivity contribution in [2.24, 2.45) is 5.92 Å². The average molecular weight is 298 g/mol. The molecule has 3 heteroatoms. The van der Waals surface area contributed by atoms with Gasteiger partial charge in [-0.2, -0.15) is 0 Å². The van der Waals surface area contributed by atoms with Crippen LogP contribution in [0, 0.1) is 5.92 Å². The Bertz CT molecular complexity index is 351. The molecule has 0 bridgehead atoms. The molecule has 0 saturated heterocycles. The number of methoxy groups -OCH3 is 1. The lowest BCUT2D eigenvalue weighted by Crippen LogP contribution is -2.30. The second-order valence-electron chi connectivity index (χ2n) is 5.75. The molecule has 20 heavy (non-hydrogen) atoms. The summed E-state index contributed by atoms with van der Waals surface area (Å²) in [5, 5.41) is 4.37. The number of ether oxygens (including phenoxy) is 1. The van der Waals surface area contributed by atoms with E-state index in [1.165, 1.54) is 18.4 Å². The van der Waals surface area contributed by atoms with E-state index in [1.807, 2.05) is 12.1 Å². The van der Waals surface area contributed by atoms with Gasteiger partial charge < -0.3 is 10.1 Å². The predicted molar refractivity (Wildman–Crippen MR) is 87.5 cm³/mol. The Morgan fingerprint density at radius 2 is 1.85 bits per heavy atom. The van der Waals surface area contributed by atoms with Crippen LogP contribution in [0.5, 0.6) is 0 Å². The molecule has 0 heterocycles. The Hall–Kier alpha value is -0.570. The Morgan fingerprint density at radius 3 is 2.45 bits per heavy atom. The lowest BCUT2D eigenvalue weighted by atomic mass is 9.94. The molecule has 1 rings (SSSR count). The molecule has 2 nitrogen and oxygen atoms in total. The van der Waals surface area contributed by atoms with E-state index in [1.54, 1.807) is 7.11 Å². The molecule has 1 aromatic rings. The van der Waals surface area contributed by atoms with Crippen LogP contribution in [-0.4, -0.2) is 26.3 Å². The third-order valence-electron chi connectivity index (χ3n) is 3.46. The Balaban J connectivity index is 2.45. The number of nitrogens with one attached hydrogen (secondary N) is 1. The maximum absolute atomic E-state index is 5.94. The van der Waals surface area contributed by atoms with E-state index in [0.717, 1.165) is 31.0 Å². The van der Waals surface area contributed by atoms with Crippen LogP contribution in [0.15, 0.2) is 24.3 Å². The third-order valence-corrected chi connectivity index (χ3v) is 3.72. The van der Waals surface area contributed by atoms with E-state index >= 15 is 0 Å². The van der Waals surface area contributed by atoms with E-state index in [0.29, 0.717) is 12.0 Å². The van der Waals surface area contributed by atoms with E-state index in [-0.39, 0.29) is 0 Å². The molecule has 0 aliphatic carbocycles. The molecule has 1 atom stereocenters. The molecule has 0 spiro atoms. The van der Waals surface area contributed by atoms with E-state index in [9.17, 15) is 0 Å². The normalized spacial score (nSPS) is 12.8. The largest absolute Gasteiger partial charge is 0.385 e. The van der Waals surface area contributed by atoms with Crippen molar-refractivity contribution in [2.45, 2.75) is 45.6 Å². The van der Waals surface area contributed by atoms with Gasteiger partial charge in [0, 0.05) is 24.8 Å². The molecule has 0 radical (unpaired) electrons. The van der Waals surface area contributed by atoms with Crippen LogP contribution in [0.4, 0.5) is 0 Å². The minimum Gasteiger partial charge on any atom is -0.385 e. The van der Waals surface area contributed by atoms with Gasteiger partial charge in [-0.05, 0) is 49.4 Å². The fourth-order valence-electron chi connectivity index (χ4n) is 2.31. The van der Waals surface area contributed by atoms with Gasteiger partial charge >= 0.3 is 0 Å². The molecule has 114 valence electrons. The number of halogens is 1. The summed E-state index contributed by atoms with van der Waals surface area (Å²) in [6.07, 6.45) is 4.73. The highest BCUT2D eigenvalue weighted by molar-refractivity contribution is 6.30. The summed E-state index contributed by atoms with van der Waals surface area (Å²) < 4.78 is 5.12. The minimum absolute atomic E-state index is 0.543. The van der Waals surface area contributed by atoms with Gasteiger partial charge in [0.05, 0.1) is 0 Å². The number of rotatable bonds is 10. The second-order valence-corrected chi connectivity index (χ2v) is 6.18. The summed E-state index contributed by atoms with van der Waals surface area (Å²) in [6, 6.07) is 8.78. The van der Waals surface area contributed by atoms with Crippen molar-refractivity contribution >= 4 is 11.6 Å². The van der Waals surface area contributed by atoms with E-state index < -0.39 is 0 Å². The summed E-state index contributed by atoms with van der Waals surface area (Å²) >= 11 is 5.94. The van der Waals surface area contributed by atoms with Crippen molar-refractivity contribution in [3.63, 3.8) is 0 Å². The van der Waals surface area contributed by atoms with Gasteiger partial charge in [-0.15, -0.1) is 0 Å². The first-order chi connectivity index (χ1) is 9.61. The second kappa shape index (κ2) is 10.2. The predicted octanol–water partition coefficient (Wildman–Crippen LogP) is 4.31. The molecule has 1 unspecified atom stereocenters. The van der Waals surface area contributed by atoms with Crippen molar-refractivity contribution < 1.29 is 4.74 Å². The van der Waals surface area contributed by atoms with Crippen LogP contribution in [0.3, 0.4) is 0 Å². The fraction of sp³-hybridized carbons (Fsp3) is 0.647. The molecule has 1 N–H and O–H groups in total. The van der Waals surface area contributed by atoms with Gasteiger partial charge in [-0.3, -0.25) is 0 Å². The van der Waals surface area contributed by atoms with Gasteiger partial charge in [-0.25, -0.2) is 0 Å². The molecule has 0 aromatic heterocycles. The number of hydrogen-bond donors (Lipinski definition) is 1. The molecule has 0 amide bonds. The highest BCUT2D eigenvalue weighted by Crippen LogP contribution is 2.17. The highest BCUT2D eigenvalue weighted by atomic mass is 35.5. The van der Waals surface area contributed by atoms with Gasteiger partial charge in [0.1, 0.15) is 0 Å². The topological polar surface area (TPSA) is 21.3 Å². The number of unbranched alkanes of at least 4 members (excludes halogenated alkanes) is 1. The minimum atomic E-state index is 0.543. The van der Waals surface area contributed by atoms with Crippen molar-refractivity contribution in [3.05, 3.63) is 34.9 Å². The van der Waals surface area contributed by atoms with Crippen LogP contribution in [-0.2, 0) is 11.2 Å². The van der Waals surface area contributed by atoms with Crippen molar-refractivity contribution in [1.29, 1.82) is 0 Å². The maximum Gasteiger partial charge on any atom is 0.0462 e. The standard InChI is InChI=1S/C17H28ClNO/c1-14(2)19-13-16(6-4-5-11-20-3)12-15-7-9-17(18)10-8-15/h7-10,14,16,19H,4-6,11-13H2,1-3H3. The zero-order valence-corrected chi connectivity index (χ0v) is 13.7. The average Bonchev–Trinajstić information content (AvgIpc) is 2.43. The van der Waals surface area contributed by atoms with Crippen molar-refractivity contribution in [1.82, 2.24) is 5.32 Å². The van der Waals surface area contributed by atoms with Gasteiger partial charge in [0.2, 0.25) is 0 Å². The highest BCUT2D eigenvalue weighted by Gasteiger charge is 2.10. The molecule has 0 aliphatic heterocycles. The first-order valence-corrected chi connectivity index (χ1v) is 7.96. The Labute approximate surface area is 128 Å². The van der Waals surface area contributed by atoms with Crippen LogP contribution in [0.25, 0.3) is 0 Å². The van der Waals surface area contributed by atoms with Gasteiger partial charge in [0.25, 0.3) is 0 Å². The molecular formula is C17H28ClNO. The van der Waals surface area contributed by atoms with Gasteiger partial charge in [-0.1, -0.05) is 44.0 Å². The summed E-state index contributed by atoms with van der Waals surface area (Å²) in [5.74, 6) is 0.676. The molecular weight excluding hydrogens is 270 g/mol. The molecule has 1 aromatic carbocycles. The van der Waals surface area contributed by atoms with E-state index in [2.05, 4.69) is 31.3 Å². The zero-order chi connectivity index (χ0) is 14.8. The smallest absolute Gasteiger partial charge is 0.0462 e. The van der Waals surface area contributed by atoms with Crippen LogP contribution in [0.2, 0.25) is 5.02 Å². The lowest BCUT2D eigenvalue weighted by Gasteiger charge is -2.19. The van der Waals surface area contributed by atoms with Crippen LogP contribution < -0.4 is 5.32 Å². The molecule has 0 saturated carbocycles. The van der Waals surface area contributed by atoms with Gasteiger partial charge in [0.15, 0.2) is 0 Å². The summed E-state index contributed by atoms with van der Waals surface area (Å²) in [4.78, 5) is 0. The van der Waals surface area contributed by atoms with Crippen LogP contribution in [0.1, 0.15) is 38.7 Å². The number of hydrogen-bond acceptors (Lipinski definition) is 2. The van der Waals surface area contributed by atoms with E-state index in [4.69, 9.17) is 16.3 Å².